The van der Waals surface area contributed by atoms with Crippen LogP contribution in [0.4, 0.5) is 4.79 Å². The first-order chi connectivity index (χ1) is 6.29. The molecule has 2 aliphatic rings. The van der Waals surface area contributed by atoms with Gasteiger partial charge in [0.2, 0.25) is 0 Å². The molecule has 13 heavy (non-hydrogen) atoms. The van der Waals surface area contributed by atoms with Crippen molar-refractivity contribution in [3.8, 4) is 0 Å². The van der Waals surface area contributed by atoms with E-state index in [0.29, 0.717) is 5.71 Å². The number of carboxylic acid groups (broad SMARTS) is 1. The van der Waals surface area contributed by atoms with Crippen molar-refractivity contribution in [2.75, 3.05) is 6.54 Å². The number of hydrogen-bond donors (Lipinski definition) is 1. The van der Waals surface area contributed by atoms with Gasteiger partial charge >= 0.3 is 6.09 Å². The van der Waals surface area contributed by atoms with Gasteiger partial charge in [-0.2, -0.15) is 5.10 Å². The Bertz CT molecular complexity index is 367. The molecular formula is C7H6N4O2. The van der Waals surface area contributed by atoms with Gasteiger partial charge in [0, 0.05) is 6.20 Å². The van der Waals surface area contributed by atoms with Crippen LogP contribution >= 0.6 is 0 Å². The third kappa shape index (κ3) is 1.22. The summed E-state index contributed by atoms with van der Waals surface area (Å²) < 4.78 is 0. The van der Waals surface area contributed by atoms with Gasteiger partial charge < -0.3 is 5.11 Å². The van der Waals surface area contributed by atoms with Crippen LogP contribution in [0.1, 0.15) is 0 Å². The van der Waals surface area contributed by atoms with E-state index in [1.165, 1.54) is 6.21 Å². The Morgan fingerprint density at radius 2 is 2.46 bits per heavy atom. The molecule has 0 saturated carbocycles. The second-order valence-electron chi connectivity index (χ2n) is 2.46. The molecule has 0 bridgehead atoms. The summed E-state index contributed by atoms with van der Waals surface area (Å²) in [6, 6.07) is 0. The van der Waals surface area contributed by atoms with Crippen molar-refractivity contribution >= 4 is 23.9 Å². The first kappa shape index (κ1) is 7.66. The fourth-order valence-electron chi connectivity index (χ4n) is 1.07. The van der Waals surface area contributed by atoms with E-state index in [1.54, 1.807) is 12.3 Å². The number of nitrogens with zero attached hydrogens (tertiary/aromatic N) is 4. The molecule has 0 atom stereocenters. The van der Waals surface area contributed by atoms with E-state index in [4.69, 9.17) is 5.11 Å². The van der Waals surface area contributed by atoms with Gasteiger partial charge in [-0.25, -0.2) is 4.79 Å². The number of amides is 1. The summed E-state index contributed by atoms with van der Waals surface area (Å²) in [7, 11) is 0. The summed E-state index contributed by atoms with van der Waals surface area (Å²) in [5.41, 5.74) is 0.483. The number of carbonyl (C=O) groups is 1. The topological polar surface area (TPSA) is 77.6 Å². The normalized spacial score (nSPS) is 19.2. The highest BCUT2D eigenvalue weighted by Crippen LogP contribution is 2.05. The molecule has 6 heteroatoms. The van der Waals surface area contributed by atoms with Crippen LogP contribution in [0.15, 0.2) is 27.5 Å². The van der Waals surface area contributed by atoms with Crippen LogP contribution in [0.2, 0.25) is 0 Å². The summed E-state index contributed by atoms with van der Waals surface area (Å²) in [6.45, 7) is 0.254. The number of aliphatic imine (C=N–C) groups is 1. The molecule has 0 aliphatic carbocycles. The molecule has 0 unspecified atom stereocenters. The van der Waals surface area contributed by atoms with Gasteiger partial charge in [-0.3, -0.25) is 9.89 Å². The molecule has 0 spiro atoms. The third-order valence-electron chi connectivity index (χ3n) is 1.66. The summed E-state index contributed by atoms with van der Waals surface area (Å²) in [5.74, 6) is 0.289. The summed E-state index contributed by atoms with van der Waals surface area (Å²) in [6.07, 6.45) is 3.57. The number of hydrogen-bond acceptors (Lipinski definition) is 4. The van der Waals surface area contributed by atoms with E-state index in [9.17, 15) is 4.79 Å². The van der Waals surface area contributed by atoms with E-state index >= 15 is 0 Å². The Labute approximate surface area is 73.6 Å². The average Bonchev–Trinajstić information content (AvgIpc) is 2.44. The molecule has 6 nitrogen and oxygen atoms in total. The van der Waals surface area contributed by atoms with Crippen molar-refractivity contribution in [2.45, 2.75) is 0 Å². The Morgan fingerprint density at radius 3 is 3.23 bits per heavy atom. The lowest BCUT2D eigenvalue weighted by atomic mass is 10.3. The second-order valence-corrected chi connectivity index (χ2v) is 2.46. The SMILES string of the molecule is O=C(O)N1CC=CN=C2C=NN=C21. The van der Waals surface area contributed by atoms with Gasteiger partial charge in [-0.05, 0) is 6.08 Å². The lowest BCUT2D eigenvalue weighted by molar-refractivity contribution is 0.173. The fourth-order valence-corrected chi connectivity index (χ4v) is 1.07. The van der Waals surface area contributed by atoms with Crippen LogP contribution in [-0.2, 0) is 0 Å². The molecule has 2 heterocycles. The molecule has 0 aromatic carbocycles. The van der Waals surface area contributed by atoms with Crippen molar-refractivity contribution in [1.29, 1.82) is 0 Å². The second kappa shape index (κ2) is 2.81. The highest BCUT2D eigenvalue weighted by atomic mass is 16.4. The largest absolute Gasteiger partial charge is 0.465 e. The summed E-state index contributed by atoms with van der Waals surface area (Å²) in [5, 5.41) is 16.1. The van der Waals surface area contributed by atoms with Crippen molar-refractivity contribution in [2.24, 2.45) is 15.2 Å². The molecule has 1 N–H and O–H groups in total. The van der Waals surface area contributed by atoms with Crippen LogP contribution in [0.25, 0.3) is 0 Å². The molecule has 0 aromatic rings. The molecule has 0 fully saturated rings. The van der Waals surface area contributed by atoms with Crippen LogP contribution < -0.4 is 0 Å². The minimum atomic E-state index is -1.05. The molecule has 66 valence electrons. The average molecular weight is 178 g/mol. The van der Waals surface area contributed by atoms with E-state index in [2.05, 4.69) is 15.2 Å². The van der Waals surface area contributed by atoms with Crippen LogP contribution in [0, 0.1) is 0 Å². The molecule has 0 aromatic heterocycles. The predicted octanol–water partition coefficient (Wildman–Crippen LogP) is 0.333. The first-order valence-corrected chi connectivity index (χ1v) is 3.64. The van der Waals surface area contributed by atoms with Crippen molar-refractivity contribution in [3.05, 3.63) is 12.3 Å². The van der Waals surface area contributed by atoms with E-state index in [-0.39, 0.29) is 12.4 Å². The molecule has 0 radical (unpaired) electrons. The first-order valence-electron chi connectivity index (χ1n) is 3.64. The maximum Gasteiger partial charge on any atom is 0.413 e. The molecule has 1 amide bonds. The van der Waals surface area contributed by atoms with Crippen molar-refractivity contribution < 1.29 is 9.90 Å². The van der Waals surface area contributed by atoms with Crippen LogP contribution in [0.5, 0.6) is 0 Å². The number of fused-ring (bicyclic) bond motifs is 1. The monoisotopic (exact) mass is 178 g/mol. The fraction of sp³-hybridized carbons (Fsp3) is 0.143. The van der Waals surface area contributed by atoms with Gasteiger partial charge in [-0.15, -0.1) is 5.10 Å². The van der Waals surface area contributed by atoms with E-state index < -0.39 is 6.09 Å². The highest BCUT2D eigenvalue weighted by molar-refractivity contribution is 6.64. The van der Waals surface area contributed by atoms with E-state index in [0.717, 1.165) is 4.90 Å². The quantitative estimate of drug-likeness (QED) is 0.580. The minimum absolute atomic E-state index is 0.254. The number of rotatable bonds is 0. The Morgan fingerprint density at radius 1 is 1.62 bits per heavy atom. The molecular weight excluding hydrogens is 172 g/mol. The molecule has 0 saturated heterocycles. The van der Waals surface area contributed by atoms with E-state index in [1.807, 2.05) is 0 Å². The summed E-state index contributed by atoms with van der Waals surface area (Å²) in [4.78, 5) is 15.8. The standard InChI is InChI=1S/C7H6N4O2/c12-7(13)11-3-1-2-8-5-4-9-10-6(5)11/h1-2,4H,3H2,(H,12,13). The van der Waals surface area contributed by atoms with Gasteiger partial charge in [0.05, 0.1) is 12.8 Å². The maximum atomic E-state index is 10.8. The van der Waals surface area contributed by atoms with Crippen molar-refractivity contribution in [3.63, 3.8) is 0 Å². The number of amidine groups is 1. The van der Waals surface area contributed by atoms with Gasteiger partial charge in [0.25, 0.3) is 0 Å². The highest BCUT2D eigenvalue weighted by Gasteiger charge is 2.25. The molecule has 2 rings (SSSR count). The lowest BCUT2D eigenvalue weighted by Crippen LogP contribution is -2.38. The zero-order valence-corrected chi connectivity index (χ0v) is 6.58. The zero-order valence-electron chi connectivity index (χ0n) is 6.58. The minimum Gasteiger partial charge on any atom is -0.465 e. The Balaban J connectivity index is 2.38. The Kier molecular flexibility index (Phi) is 1.66. The third-order valence-corrected chi connectivity index (χ3v) is 1.66. The van der Waals surface area contributed by atoms with Gasteiger partial charge in [-0.1, -0.05) is 0 Å². The maximum absolute atomic E-state index is 10.8. The lowest BCUT2D eigenvalue weighted by Gasteiger charge is -2.14. The van der Waals surface area contributed by atoms with Gasteiger partial charge in [0.15, 0.2) is 5.84 Å². The smallest absolute Gasteiger partial charge is 0.413 e. The summed E-state index contributed by atoms with van der Waals surface area (Å²) >= 11 is 0. The Hall–Kier alpha value is -1.98. The molecule has 2 aliphatic heterocycles. The van der Waals surface area contributed by atoms with Crippen LogP contribution in [0.3, 0.4) is 0 Å². The predicted molar refractivity (Wildman–Crippen MR) is 47.2 cm³/mol. The zero-order chi connectivity index (χ0) is 9.26. The van der Waals surface area contributed by atoms with Crippen molar-refractivity contribution in [1.82, 2.24) is 4.90 Å². The van der Waals surface area contributed by atoms with Crippen LogP contribution in [-0.4, -0.2) is 40.4 Å². The van der Waals surface area contributed by atoms with Gasteiger partial charge in [0.1, 0.15) is 5.71 Å².